The van der Waals surface area contributed by atoms with E-state index in [4.69, 9.17) is 9.47 Å². The van der Waals surface area contributed by atoms with Crippen molar-refractivity contribution in [3.8, 4) is 11.5 Å². The van der Waals surface area contributed by atoms with Gasteiger partial charge >= 0.3 is 0 Å². The first-order valence-electron chi connectivity index (χ1n) is 11.0. The summed E-state index contributed by atoms with van der Waals surface area (Å²) in [4.78, 5) is 25.1. The summed E-state index contributed by atoms with van der Waals surface area (Å²) in [6.07, 6.45) is 0.767. The Morgan fingerprint density at radius 2 is 1.71 bits per heavy atom. The number of hydrogen-bond acceptors (Lipinski definition) is 6. The maximum atomic E-state index is 13.4. The van der Waals surface area contributed by atoms with E-state index in [2.05, 4.69) is 10.6 Å². The van der Waals surface area contributed by atoms with Gasteiger partial charge in [-0.2, -0.15) is 0 Å². The molecule has 1 aliphatic rings. The average Bonchev–Trinajstić information content (AvgIpc) is 2.87. The fourth-order valence-corrected chi connectivity index (χ4v) is 5.59. The highest BCUT2D eigenvalue weighted by Crippen LogP contribution is 2.32. The lowest BCUT2D eigenvalue weighted by Gasteiger charge is -2.20. The molecule has 0 aromatic heterocycles. The number of methoxy groups -OCH3 is 2. The van der Waals surface area contributed by atoms with E-state index in [1.165, 1.54) is 20.3 Å². The molecular formula is C26H26N2O6S. The maximum Gasteiger partial charge on any atom is 0.232 e. The highest BCUT2D eigenvalue weighted by Gasteiger charge is 2.29. The maximum absolute atomic E-state index is 13.4. The molecule has 3 aromatic rings. The number of amides is 2. The van der Waals surface area contributed by atoms with E-state index >= 15 is 0 Å². The van der Waals surface area contributed by atoms with Crippen molar-refractivity contribution in [1.82, 2.24) is 0 Å². The van der Waals surface area contributed by atoms with Gasteiger partial charge in [-0.1, -0.05) is 30.3 Å². The normalized spacial score (nSPS) is 13.8. The number of anilines is 2. The van der Waals surface area contributed by atoms with Gasteiger partial charge in [0.25, 0.3) is 0 Å². The Morgan fingerprint density at radius 1 is 0.971 bits per heavy atom. The molecule has 4 rings (SSSR count). The quantitative estimate of drug-likeness (QED) is 0.493. The van der Waals surface area contributed by atoms with E-state index in [-0.39, 0.29) is 10.8 Å². The minimum Gasteiger partial charge on any atom is -0.493 e. The zero-order chi connectivity index (χ0) is 25.0. The van der Waals surface area contributed by atoms with E-state index in [1.807, 2.05) is 0 Å². The predicted octanol–water partition coefficient (Wildman–Crippen LogP) is 3.78. The number of rotatable bonds is 8. The number of carbonyl (C=O) groups is 2. The molecule has 0 spiro atoms. The van der Waals surface area contributed by atoms with Gasteiger partial charge in [0.15, 0.2) is 21.3 Å². The lowest BCUT2D eigenvalue weighted by atomic mass is 10.00. The molecule has 0 aliphatic carbocycles. The van der Waals surface area contributed by atoms with Crippen molar-refractivity contribution in [2.45, 2.75) is 23.7 Å². The van der Waals surface area contributed by atoms with Gasteiger partial charge in [0.2, 0.25) is 11.8 Å². The Balaban J connectivity index is 1.62. The zero-order valence-corrected chi connectivity index (χ0v) is 20.2. The third-order valence-corrected chi connectivity index (χ3v) is 7.63. The molecule has 35 heavy (non-hydrogen) atoms. The summed E-state index contributed by atoms with van der Waals surface area (Å²) in [7, 11) is -0.826. The molecule has 2 amide bonds. The van der Waals surface area contributed by atoms with Crippen molar-refractivity contribution in [1.29, 1.82) is 0 Å². The van der Waals surface area contributed by atoms with Crippen molar-refractivity contribution in [2.75, 3.05) is 30.6 Å². The summed E-state index contributed by atoms with van der Waals surface area (Å²) in [5, 5.41) is 5.56. The smallest absolute Gasteiger partial charge is 0.232 e. The molecule has 182 valence electrons. The Morgan fingerprint density at radius 3 is 2.43 bits per heavy atom. The third-order valence-electron chi connectivity index (χ3n) is 5.89. The van der Waals surface area contributed by atoms with Crippen LogP contribution in [0.5, 0.6) is 11.5 Å². The van der Waals surface area contributed by atoms with Crippen LogP contribution < -0.4 is 20.1 Å². The molecule has 1 aliphatic heterocycles. The highest BCUT2D eigenvalue weighted by atomic mass is 32.2. The summed E-state index contributed by atoms with van der Waals surface area (Å²) >= 11 is 0. The summed E-state index contributed by atoms with van der Waals surface area (Å²) < 4.78 is 37.3. The van der Waals surface area contributed by atoms with Crippen molar-refractivity contribution >= 4 is 33.0 Å². The standard InChI is InChI=1S/C26H26N2O6S/c1-33-23-12-9-19(15-24(23)34-2)27-26(30)21(17-6-4-3-5-7-17)16-35(31,32)20-10-11-22-18(14-20)8-13-25(29)28-22/h3-7,9-12,14-15,21H,8,13,16H2,1-2H3,(H,27,30)(H,28,29). The first-order chi connectivity index (χ1) is 16.8. The van der Waals surface area contributed by atoms with Crippen LogP contribution in [0.25, 0.3) is 0 Å². The van der Waals surface area contributed by atoms with Gasteiger partial charge in [0.05, 0.1) is 30.8 Å². The summed E-state index contributed by atoms with van der Waals surface area (Å²) in [5.74, 6) is -0.973. The Hall–Kier alpha value is -3.85. The lowest BCUT2D eigenvalue weighted by Crippen LogP contribution is -2.28. The van der Waals surface area contributed by atoms with Crippen molar-refractivity contribution in [3.05, 3.63) is 77.9 Å². The van der Waals surface area contributed by atoms with Gasteiger partial charge in [-0.3, -0.25) is 9.59 Å². The molecule has 1 unspecified atom stereocenters. The number of carbonyl (C=O) groups excluding carboxylic acids is 2. The van der Waals surface area contributed by atoms with E-state index in [0.717, 1.165) is 5.56 Å². The second-order valence-electron chi connectivity index (χ2n) is 8.17. The molecule has 9 heteroatoms. The van der Waals surface area contributed by atoms with Gasteiger partial charge < -0.3 is 20.1 Å². The Bertz CT molecular complexity index is 1360. The van der Waals surface area contributed by atoms with Crippen LogP contribution in [0.2, 0.25) is 0 Å². The molecule has 0 saturated carbocycles. The van der Waals surface area contributed by atoms with E-state index < -0.39 is 27.4 Å². The zero-order valence-electron chi connectivity index (χ0n) is 19.4. The first-order valence-corrected chi connectivity index (χ1v) is 12.7. The second kappa shape index (κ2) is 10.2. The van der Waals surface area contributed by atoms with Gasteiger partial charge in [0, 0.05) is 23.9 Å². The largest absolute Gasteiger partial charge is 0.493 e. The molecule has 1 heterocycles. The number of ether oxygens (including phenoxy) is 2. The minimum absolute atomic E-state index is 0.0934. The molecule has 0 bridgehead atoms. The van der Waals surface area contributed by atoms with Crippen LogP contribution in [0, 0.1) is 0 Å². The summed E-state index contributed by atoms with van der Waals surface area (Å²) in [6, 6.07) is 18.4. The number of hydrogen-bond donors (Lipinski definition) is 2. The van der Waals surface area contributed by atoms with E-state index in [9.17, 15) is 18.0 Å². The number of benzene rings is 3. The average molecular weight is 495 g/mol. The van der Waals surface area contributed by atoms with Gasteiger partial charge in [0.1, 0.15) is 0 Å². The van der Waals surface area contributed by atoms with Crippen LogP contribution in [0.15, 0.2) is 71.6 Å². The van der Waals surface area contributed by atoms with Crippen LogP contribution in [-0.4, -0.2) is 40.2 Å². The van der Waals surface area contributed by atoms with E-state index in [0.29, 0.717) is 41.3 Å². The van der Waals surface area contributed by atoms with Crippen molar-refractivity contribution in [3.63, 3.8) is 0 Å². The van der Waals surface area contributed by atoms with Crippen LogP contribution in [-0.2, 0) is 25.8 Å². The molecule has 3 aromatic carbocycles. The number of aryl methyl sites for hydroxylation is 1. The van der Waals surface area contributed by atoms with Crippen molar-refractivity contribution in [2.24, 2.45) is 0 Å². The fraction of sp³-hybridized carbons (Fsp3) is 0.231. The molecule has 1 atom stereocenters. The number of nitrogens with one attached hydrogen (secondary N) is 2. The first kappa shape index (κ1) is 24.3. The lowest BCUT2D eigenvalue weighted by molar-refractivity contribution is -0.117. The Kier molecular flexibility index (Phi) is 7.07. The molecule has 0 radical (unpaired) electrons. The highest BCUT2D eigenvalue weighted by molar-refractivity contribution is 7.91. The predicted molar refractivity (Wildman–Crippen MR) is 133 cm³/mol. The van der Waals surface area contributed by atoms with Crippen LogP contribution in [0.3, 0.4) is 0 Å². The van der Waals surface area contributed by atoms with E-state index in [1.54, 1.807) is 60.7 Å². The van der Waals surface area contributed by atoms with Crippen LogP contribution in [0.4, 0.5) is 11.4 Å². The third kappa shape index (κ3) is 5.46. The molecule has 2 N–H and O–H groups in total. The molecule has 0 fully saturated rings. The molecule has 8 nitrogen and oxygen atoms in total. The van der Waals surface area contributed by atoms with Gasteiger partial charge in [-0.05, 0) is 47.9 Å². The van der Waals surface area contributed by atoms with Gasteiger partial charge in [-0.25, -0.2) is 8.42 Å². The second-order valence-corrected chi connectivity index (χ2v) is 10.2. The minimum atomic E-state index is -3.83. The number of fused-ring (bicyclic) bond motifs is 1. The topological polar surface area (TPSA) is 111 Å². The van der Waals surface area contributed by atoms with Crippen molar-refractivity contribution < 1.29 is 27.5 Å². The Labute approximate surface area is 204 Å². The summed E-state index contributed by atoms with van der Waals surface area (Å²) in [5.41, 5.74) is 2.41. The number of sulfone groups is 1. The SMILES string of the molecule is COc1ccc(NC(=O)C(CS(=O)(=O)c2ccc3c(c2)CCC(=O)N3)c2ccccc2)cc1OC. The van der Waals surface area contributed by atoms with Crippen LogP contribution >= 0.6 is 0 Å². The van der Waals surface area contributed by atoms with Gasteiger partial charge in [-0.15, -0.1) is 0 Å². The molecular weight excluding hydrogens is 468 g/mol. The van der Waals surface area contributed by atoms with Crippen LogP contribution in [0.1, 0.15) is 23.5 Å². The monoisotopic (exact) mass is 494 g/mol. The molecule has 0 saturated heterocycles. The summed E-state index contributed by atoms with van der Waals surface area (Å²) in [6.45, 7) is 0. The fourth-order valence-electron chi connectivity index (χ4n) is 4.02.